The Balaban J connectivity index is 2.78. The van der Waals surface area contributed by atoms with Crippen molar-refractivity contribution in [2.75, 3.05) is 0 Å². The molecule has 2 aromatic rings. The van der Waals surface area contributed by atoms with Crippen LogP contribution < -0.4 is 0 Å². The minimum atomic E-state index is 0.112. The van der Waals surface area contributed by atoms with Crippen LogP contribution in [0, 0.1) is 5.92 Å². The van der Waals surface area contributed by atoms with Gasteiger partial charge in [0.05, 0.1) is 11.7 Å². The maximum absolute atomic E-state index is 4.25. The van der Waals surface area contributed by atoms with Crippen molar-refractivity contribution in [3.8, 4) is 0 Å². The van der Waals surface area contributed by atoms with Crippen LogP contribution in [0.2, 0.25) is 0 Å². The van der Waals surface area contributed by atoms with Crippen molar-refractivity contribution >= 4 is 10.9 Å². The highest BCUT2D eigenvalue weighted by atomic mass is 15.1. The van der Waals surface area contributed by atoms with Crippen LogP contribution in [0.4, 0.5) is 0 Å². The van der Waals surface area contributed by atoms with E-state index in [1.54, 1.807) is 6.20 Å². The van der Waals surface area contributed by atoms with E-state index in [0.717, 1.165) is 5.52 Å². The molecule has 2 heteroatoms. The minimum absolute atomic E-state index is 0.112. The van der Waals surface area contributed by atoms with Crippen molar-refractivity contribution in [3.05, 3.63) is 35.5 Å². The number of nitrogens with zero attached hydrogens (tertiary/aromatic N) is 2. The van der Waals surface area contributed by atoms with Crippen LogP contribution in [0.15, 0.2) is 24.4 Å². The zero-order valence-electron chi connectivity index (χ0n) is 12.9. The summed E-state index contributed by atoms with van der Waals surface area (Å²) in [6, 6.07) is 6.44. The number of fused-ring (bicyclic) bond motifs is 1. The number of rotatable bonds is 2. The summed E-state index contributed by atoms with van der Waals surface area (Å²) >= 11 is 0. The van der Waals surface area contributed by atoms with Gasteiger partial charge >= 0.3 is 0 Å². The van der Waals surface area contributed by atoms with Crippen LogP contribution in [0.25, 0.3) is 10.9 Å². The second-order valence-electron chi connectivity index (χ2n) is 6.78. The molecular formula is C17H24N2. The molecule has 0 aliphatic carbocycles. The molecule has 1 heterocycles. The Morgan fingerprint density at radius 1 is 1.00 bits per heavy atom. The van der Waals surface area contributed by atoms with Crippen LogP contribution in [0.3, 0.4) is 0 Å². The second-order valence-corrected chi connectivity index (χ2v) is 6.78. The van der Waals surface area contributed by atoms with Gasteiger partial charge in [-0.25, -0.2) is 0 Å². The maximum Gasteiger partial charge on any atom is 0.0932 e. The third kappa shape index (κ3) is 2.63. The van der Waals surface area contributed by atoms with Crippen LogP contribution in [0.5, 0.6) is 0 Å². The Hall–Kier alpha value is -1.44. The quantitative estimate of drug-likeness (QED) is 0.779. The Morgan fingerprint density at radius 3 is 2.26 bits per heavy atom. The number of benzene rings is 1. The molecule has 1 atom stereocenters. The Bertz CT molecular complexity index is 579. The number of hydrogen-bond acceptors (Lipinski definition) is 2. The van der Waals surface area contributed by atoms with Gasteiger partial charge in [-0.1, -0.05) is 47.6 Å². The second kappa shape index (κ2) is 4.92. The minimum Gasteiger partial charge on any atom is -0.159 e. The lowest BCUT2D eigenvalue weighted by atomic mass is 9.76. The van der Waals surface area contributed by atoms with Crippen molar-refractivity contribution in [3.63, 3.8) is 0 Å². The lowest BCUT2D eigenvalue weighted by Gasteiger charge is -2.29. The molecule has 2 nitrogen and oxygen atoms in total. The first kappa shape index (κ1) is 14.0. The van der Waals surface area contributed by atoms with Gasteiger partial charge in [0.15, 0.2) is 0 Å². The van der Waals surface area contributed by atoms with Crippen LogP contribution in [-0.4, -0.2) is 10.2 Å². The van der Waals surface area contributed by atoms with E-state index in [1.165, 1.54) is 16.5 Å². The third-order valence-electron chi connectivity index (χ3n) is 3.97. The molecule has 19 heavy (non-hydrogen) atoms. The van der Waals surface area contributed by atoms with Crippen molar-refractivity contribution < 1.29 is 0 Å². The summed E-state index contributed by atoms with van der Waals surface area (Å²) in [6.45, 7) is 13.7. The molecular weight excluding hydrogens is 232 g/mol. The van der Waals surface area contributed by atoms with Gasteiger partial charge < -0.3 is 0 Å². The Kier molecular flexibility index (Phi) is 3.62. The van der Waals surface area contributed by atoms with Crippen molar-refractivity contribution in [2.24, 2.45) is 5.92 Å². The smallest absolute Gasteiger partial charge is 0.0932 e. The third-order valence-corrected chi connectivity index (χ3v) is 3.97. The van der Waals surface area contributed by atoms with Crippen LogP contribution >= 0.6 is 0 Å². The fourth-order valence-corrected chi connectivity index (χ4v) is 2.66. The van der Waals surface area contributed by atoms with Crippen LogP contribution in [-0.2, 0) is 5.41 Å². The summed E-state index contributed by atoms with van der Waals surface area (Å²) in [5.41, 5.74) is 3.97. The standard InChI is InChI=1S/C17H24N2/c1-11(2)12(3)13-7-8-15-14(9-10-18-19-15)16(13)17(4,5)6/h7-12H,1-6H3. The number of hydrogen-bond donors (Lipinski definition) is 0. The summed E-state index contributed by atoms with van der Waals surface area (Å²) in [5, 5.41) is 9.49. The zero-order valence-corrected chi connectivity index (χ0v) is 12.9. The lowest BCUT2D eigenvalue weighted by Crippen LogP contribution is -2.18. The maximum atomic E-state index is 4.25. The van der Waals surface area contributed by atoms with E-state index in [-0.39, 0.29) is 5.41 Å². The first-order valence-corrected chi connectivity index (χ1v) is 7.07. The molecule has 1 unspecified atom stereocenters. The Morgan fingerprint density at radius 2 is 1.68 bits per heavy atom. The SMILES string of the molecule is CC(C)C(C)c1ccc2nnccc2c1C(C)(C)C. The summed E-state index contributed by atoms with van der Waals surface area (Å²) in [5.74, 6) is 1.18. The van der Waals surface area contributed by atoms with E-state index in [9.17, 15) is 0 Å². The predicted octanol–water partition coefficient (Wildman–Crippen LogP) is 4.69. The highest BCUT2D eigenvalue weighted by molar-refractivity contribution is 5.84. The molecule has 0 aliphatic heterocycles. The van der Waals surface area contributed by atoms with E-state index < -0.39 is 0 Å². The van der Waals surface area contributed by atoms with Crippen molar-refractivity contribution in [2.45, 2.75) is 52.9 Å². The van der Waals surface area contributed by atoms with Crippen molar-refractivity contribution in [1.29, 1.82) is 0 Å². The van der Waals surface area contributed by atoms with E-state index in [1.807, 2.05) is 0 Å². The van der Waals surface area contributed by atoms with Gasteiger partial charge in [0.25, 0.3) is 0 Å². The molecule has 0 fully saturated rings. The van der Waals surface area contributed by atoms with Gasteiger partial charge in [-0.3, -0.25) is 0 Å². The first-order valence-electron chi connectivity index (χ1n) is 7.07. The monoisotopic (exact) mass is 256 g/mol. The largest absolute Gasteiger partial charge is 0.159 e. The first-order chi connectivity index (χ1) is 8.82. The summed E-state index contributed by atoms with van der Waals surface area (Å²) in [6.07, 6.45) is 1.79. The fourth-order valence-electron chi connectivity index (χ4n) is 2.66. The summed E-state index contributed by atoms with van der Waals surface area (Å²) in [4.78, 5) is 0. The molecule has 0 radical (unpaired) electrons. The van der Waals surface area contributed by atoms with Gasteiger partial charge in [-0.05, 0) is 40.5 Å². The van der Waals surface area contributed by atoms with E-state index in [0.29, 0.717) is 11.8 Å². The van der Waals surface area contributed by atoms with Gasteiger partial charge in [0.1, 0.15) is 0 Å². The molecule has 1 aromatic heterocycles. The van der Waals surface area contributed by atoms with Gasteiger partial charge in [-0.15, -0.1) is 0 Å². The van der Waals surface area contributed by atoms with Crippen molar-refractivity contribution in [1.82, 2.24) is 10.2 Å². The summed E-state index contributed by atoms with van der Waals surface area (Å²) < 4.78 is 0. The molecule has 0 amide bonds. The van der Waals surface area contributed by atoms with E-state index in [4.69, 9.17) is 0 Å². The normalized spacial score (nSPS) is 14.1. The van der Waals surface area contributed by atoms with Gasteiger partial charge in [0.2, 0.25) is 0 Å². The topological polar surface area (TPSA) is 25.8 Å². The molecule has 0 bridgehead atoms. The highest BCUT2D eigenvalue weighted by Crippen LogP contribution is 2.37. The van der Waals surface area contributed by atoms with Gasteiger partial charge in [-0.2, -0.15) is 10.2 Å². The predicted molar refractivity (Wildman–Crippen MR) is 81.5 cm³/mol. The molecule has 0 saturated heterocycles. The zero-order chi connectivity index (χ0) is 14.2. The highest BCUT2D eigenvalue weighted by Gasteiger charge is 2.24. The molecule has 0 saturated carbocycles. The van der Waals surface area contributed by atoms with E-state index >= 15 is 0 Å². The Labute approximate surface area is 116 Å². The molecule has 0 N–H and O–H groups in total. The average molecular weight is 256 g/mol. The molecule has 0 spiro atoms. The molecule has 102 valence electrons. The number of aromatic nitrogens is 2. The molecule has 0 aliphatic rings. The van der Waals surface area contributed by atoms with Crippen LogP contribution in [0.1, 0.15) is 58.6 Å². The van der Waals surface area contributed by atoms with E-state index in [2.05, 4.69) is 69.9 Å². The van der Waals surface area contributed by atoms with Gasteiger partial charge in [0, 0.05) is 5.39 Å². The lowest BCUT2D eigenvalue weighted by molar-refractivity contribution is 0.512. The fraction of sp³-hybridized carbons (Fsp3) is 0.529. The summed E-state index contributed by atoms with van der Waals surface area (Å²) in [7, 11) is 0. The molecule has 1 aromatic carbocycles. The average Bonchev–Trinajstić information content (AvgIpc) is 2.35. The molecule has 2 rings (SSSR count).